The molecule has 2 heterocycles. The smallest absolute Gasteiger partial charge is 0.271 e. The number of aryl methyl sites for hydroxylation is 2. The summed E-state index contributed by atoms with van der Waals surface area (Å²) in [7, 11) is 0. The van der Waals surface area contributed by atoms with Gasteiger partial charge in [-0.15, -0.1) is 5.10 Å². The molecule has 0 unspecified atom stereocenters. The van der Waals surface area contributed by atoms with Gasteiger partial charge in [-0.25, -0.2) is 0 Å². The van der Waals surface area contributed by atoms with Gasteiger partial charge in [-0.3, -0.25) is 9.59 Å². The molecule has 1 fully saturated rings. The van der Waals surface area contributed by atoms with Crippen molar-refractivity contribution in [3.63, 3.8) is 0 Å². The highest BCUT2D eigenvalue weighted by molar-refractivity contribution is 5.80. The second-order valence-electron chi connectivity index (χ2n) is 8.87. The lowest BCUT2D eigenvalue weighted by atomic mass is 10.1. The van der Waals surface area contributed by atoms with Crippen LogP contribution in [0.2, 0.25) is 0 Å². The summed E-state index contributed by atoms with van der Waals surface area (Å²) in [6.45, 7) is 11.4. The van der Waals surface area contributed by atoms with Crippen molar-refractivity contribution in [3.05, 3.63) is 75.6 Å². The zero-order valence-corrected chi connectivity index (χ0v) is 21.5. The van der Waals surface area contributed by atoms with E-state index in [1.807, 2.05) is 69.0 Å². The lowest BCUT2D eigenvalue weighted by Gasteiger charge is -2.35. The maximum absolute atomic E-state index is 13.1. The van der Waals surface area contributed by atoms with Crippen molar-refractivity contribution >= 4 is 11.7 Å². The first-order valence-electron chi connectivity index (χ1n) is 12.5. The molecular formula is C28H34N4O4. The molecule has 2 aromatic carbocycles. The van der Waals surface area contributed by atoms with E-state index in [0.717, 1.165) is 22.6 Å². The van der Waals surface area contributed by atoms with Crippen LogP contribution >= 0.6 is 0 Å². The van der Waals surface area contributed by atoms with E-state index in [9.17, 15) is 9.59 Å². The molecule has 1 saturated heterocycles. The number of carbonyl (C=O) groups excluding carboxylic acids is 1. The van der Waals surface area contributed by atoms with E-state index in [4.69, 9.17) is 9.47 Å². The topological polar surface area (TPSA) is 76.9 Å². The predicted octanol–water partition coefficient (Wildman–Crippen LogP) is 3.54. The molecule has 1 aromatic heterocycles. The van der Waals surface area contributed by atoms with Crippen molar-refractivity contribution in [2.45, 2.75) is 34.1 Å². The van der Waals surface area contributed by atoms with Crippen LogP contribution in [0.3, 0.4) is 0 Å². The van der Waals surface area contributed by atoms with Gasteiger partial charge in [0.25, 0.3) is 5.56 Å². The summed E-state index contributed by atoms with van der Waals surface area (Å²) >= 11 is 0. The third kappa shape index (κ3) is 5.53. The average Bonchev–Trinajstić information content (AvgIpc) is 2.88. The number of amides is 1. The van der Waals surface area contributed by atoms with Crippen LogP contribution in [0, 0.1) is 13.8 Å². The zero-order valence-electron chi connectivity index (χ0n) is 21.5. The van der Waals surface area contributed by atoms with Gasteiger partial charge in [-0.05, 0) is 63.1 Å². The Bertz CT molecular complexity index is 1280. The van der Waals surface area contributed by atoms with Crippen molar-refractivity contribution in [2.75, 3.05) is 44.3 Å². The van der Waals surface area contributed by atoms with Gasteiger partial charge >= 0.3 is 0 Å². The Labute approximate surface area is 212 Å². The van der Waals surface area contributed by atoms with E-state index >= 15 is 0 Å². The minimum Gasteiger partial charge on any atom is -0.490 e. The molecule has 0 N–H and O–H groups in total. The SMILES string of the molecule is CCOc1cccc(CC(=O)N2CCN(c3ccc(=O)n(-c4ccc(C)c(C)c4)n3)CC2)c1OCC. The lowest BCUT2D eigenvalue weighted by Crippen LogP contribution is -2.49. The summed E-state index contributed by atoms with van der Waals surface area (Å²) in [6.07, 6.45) is 0.256. The van der Waals surface area contributed by atoms with E-state index in [-0.39, 0.29) is 17.9 Å². The predicted molar refractivity (Wildman–Crippen MR) is 141 cm³/mol. The Kier molecular flexibility index (Phi) is 7.93. The van der Waals surface area contributed by atoms with Gasteiger partial charge in [0.1, 0.15) is 5.82 Å². The number of aromatic nitrogens is 2. The minimum atomic E-state index is -0.171. The average molecular weight is 491 g/mol. The maximum Gasteiger partial charge on any atom is 0.271 e. The van der Waals surface area contributed by atoms with Crippen LogP contribution in [0.25, 0.3) is 5.69 Å². The fourth-order valence-electron chi connectivity index (χ4n) is 4.35. The number of para-hydroxylation sites is 1. The third-order valence-electron chi connectivity index (χ3n) is 6.47. The fraction of sp³-hybridized carbons (Fsp3) is 0.393. The standard InChI is InChI=1S/C28H34N4O4/c1-5-35-24-9-7-8-22(28(24)36-6-2)19-27(34)31-16-14-30(15-17-31)25-12-13-26(33)32(29-25)23-11-10-20(3)21(4)18-23/h7-13,18H,5-6,14-17,19H2,1-4H3. The molecule has 4 rings (SSSR count). The summed E-state index contributed by atoms with van der Waals surface area (Å²) in [5.41, 5.74) is 3.69. The van der Waals surface area contributed by atoms with Crippen LogP contribution in [0.15, 0.2) is 53.3 Å². The van der Waals surface area contributed by atoms with Crippen molar-refractivity contribution < 1.29 is 14.3 Å². The highest BCUT2D eigenvalue weighted by Crippen LogP contribution is 2.32. The first-order chi connectivity index (χ1) is 17.4. The molecule has 0 saturated carbocycles. The fourth-order valence-corrected chi connectivity index (χ4v) is 4.35. The molecular weight excluding hydrogens is 456 g/mol. The highest BCUT2D eigenvalue weighted by Gasteiger charge is 2.24. The number of nitrogens with zero attached hydrogens (tertiary/aromatic N) is 4. The molecule has 0 bridgehead atoms. The molecule has 36 heavy (non-hydrogen) atoms. The van der Waals surface area contributed by atoms with Gasteiger partial charge in [0, 0.05) is 37.8 Å². The monoisotopic (exact) mass is 490 g/mol. The second-order valence-corrected chi connectivity index (χ2v) is 8.87. The summed E-state index contributed by atoms with van der Waals surface area (Å²) in [6, 6.07) is 14.9. The normalized spacial score (nSPS) is 13.6. The molecule has 190 valence electrons. The number of rotatable bonds is 8. The summed E-state index contributed by atoms with van der Waals surface area (Å²) in [5, 5.41) is 4.63. The summed E-state index contributed by atoms with van der Waals surface area (Å²) < 4.78 is 13.0. The number of anilines is 1. The quantitative estimate of drug-likeness (QED) is 0.481. The van der Waals surface area contributed by atoms with E-state index < -0.39 is 0 Å². The number of piperazine rings is 1. The molecule has 0 radical (unpaired) electrons. The van der Waals surface area contributed by atoms with Gasteiger partial charge in [0.2, 0.25) is 5.91 Å². The number of benzene rings is 2. The Hall–Kier alpha value is -3.81. The van der Waals surface area contributed by atoms with Crippen LogP contribution in [-0.4, -0.2) is 60.0 Å². The maximum atomic E-state index is 13.1. The van der Waals surface area contributed by atoms with Crippen molar-refractivity contribution in [2.24, 2.45) is 0 Å². The Morgan fingerprint density at radius 2 is 1.67 bits per heavy atom. The lowest BCUT2D eigenvalue weighted by molar-refractivity contribution is -0.130. The molecule has 0 spiro atoms. The van der Waals surface area contributed by atoms with Crippen LogP contribution < -0.4 is 19.9 Å². The Balaban J connectivity index is 1.44. The van der Waals surface area contributed by atoms with Gasteiger partial charge in [0.05, 0.1) is 25.3 Å². The van der Waals surface area contributed by atoms with E-state index in [0.29, 0.717) is 50.9 Å². The first-order valence-corrected chi connectivity index (χ1v) is 12.5. The number of ether oxygens (including phenoxy) is 2. The van der Waals surface area contributed by atoms with Crippen LogP contribution in [0.5, 0.6) is 11.5 Å². The number of hydrogen-bond donors (Lipinski definition) is 0. The molecule has 8 nitrogen and oxygen atoms in total. The summed E-state index contributed by atoms with van der Waals surface area (Å²) in [5.74, 6) is 2.09. The van der Waals surface area contributed by atoms with E-state index in [1.165, 1.54) is 10.2 Å². The molecule has 1 amide bonds. The van der Waals surface area contributed by atoms with Crippen LogP contribution in [-0.2, 0) is 11.2 Å². The molecule has 1 aliphatic rings. The van der Waals surface area contributed by atoms with Crippen molar-refractivity contribution in [1.82, 2.24) is 14.7 Å². The second kappa shape index (κ2) is 11.3. The van der Waals surface area contributed by atoms with Crippen LogP contribution in [0.4, 0.5) is 5.82 Å². The first kappa shape index (κ1) is 25.3. The highest BCUT2D eigenvalue weighted by atomic mass is 16.5. The summed E-state index contributed by atoms with van der Waals surface area (Å²) in [4.78, 5) is 29.6. The Morgan fingerprint density at radius 1 is 0.917 bits per heavy atom. The van der Waals surface area contributed by atoms with Crippen molar-refractivity contribution in [3.8, 4) is 17.2 Å². The molecule has 0 atom stereocenters. The molecule has 0 aliphatic carbocycles. The van der Waals surface area contributed by atoms with Gasteiger partial charge in [0.15, 0.2) is 11.5 Å². The third-order valence-corrected chi connectivity index (χ3v) is 6.47. The molecule has 3 aromatic rings. The number of carbonyl (C=O) groups is 1. The van der Waals surface area contributed by atoms with E-state index in [2.05, 4.69) is 10.00 Å². The number of hydrogen-bond acceptors (Lipinski definition) is 6. The van der Waals surface area contributed by atoms with E-state index in [1.54, 1.807) is 12.1 Å². The van der Waals surface area contributed by atoms with Crippen molar-refractivity contribution in [1.29, 1.82) is 0 Å². The Morgan fingerprint density at radius 3 is 2.36 bits per heavy atom. The van der Waals surface area contributed by atoms with Gasteiger partial charge in [-0.2, -0.15) is 4.68 Å². The molecule has 1 aliphatic heterocycles. The zero-order chi connectivity index (χ0) is 25.7. The largest absolute Gasteiger partial charge is 0.490 e. The van der Waals surface area contributed by atoms with Crippen LogP contribution in [0.1, 0.15) is 30.5 Å². The minimum absolute atomic E-state index is 0.0531. The van der Waals surface area contributed by atoms with Gasteiger partial charge in [-0.1, -0.05) is 18.2 Å². The molecule has 8 heteroatoms. The van der Waals surface area contributed by atoms with Gasteiger partial charge < -0.3 is 19.3 Å².